The molecule has 1 amide bonds. The third kappa shape index (κ3) is 5.09. The minimum atomic E-state index is -3.65. The number of anilines is 1. The van der Waals surface area contributed by atoms with Crippen LogP contribution in [0.3, 0.4) is 0 Å². The first kappa shape index (κ1) is 17.6. The average molecular weight is 335 g/mol. The third-order valence-corrected chi connectivity index (χ3v) is 4.03. The number of nitrogens with one attached hydrogen (secondary N) is 1. The maximum absolute atomic E-state index is 12.0. The standard InChI is InChI=1S/C13H19ClN2O4S/c1-4-7-15-13(17)9-16(21(3,18)19)11-8-10(14)5-6-12(11)20-2/h5-6,8H,4,7,9H2,1-3H3,(H,15,17). The first-order valence-corrected chi connectivity index (χ1v) is 8.60. The number of carbonyl (C=O) groups excluding carboxylic acids is 1. The molecule has 0 aliphatic carbocycles. The van der Waals surface area contributed by atoms with Gasteiger partial charge in [0.15, 0.2) is 0 Å². The lowest BCUT2D eigenvalue weighted by Crippen LogP contribution is -2.40. The normalized spacial score (nSPS) is 11.0. The van der Waals surface area contributed by atoms with E-state index >= 15 is 0 Å². The van der Waals surface area contributed by atoms with Crippen molar-refractivity contribution in [2.75, 3.05) is 30.8 Å². The van der Waals surface area contributed by atoms with Crippen LogP contribution < -0.4 is 14.4 Å². The van der Waals surface area contributed by atoms with Crippen LogP contribution in [0.2, 0.25) is 5.02 Å². The van der Waals surface area contributed by atoms with Crippen LogP contribution in [0.15, 0.2) is 18.2 Å². The van der Waals surface area contributed by atoms with E-state index in [4.69, 9.17) is 16.3 Å². The van der Waals surface area contributed by atoms with Crippen LogP contribution in [0.5, 0.6) is 5.75 Å². The number of nitrogens with zero attached hydrogens (tertiary/aromatic N) is 1. The molecule has 1 N–H and O–H groups in total. The van der Waals surface area contributed by atoms with Crippen molar-refractivity contribution >= 4 is 33.2 Å². The van der Waals surface area contributed by atoms with Crippen LogP contribution in [0.25, 0.3) is 0 Å². The Morgan fingerprint density at radius 2 is 2.10 bits per heavy atom. The van der Waals surface area contributed by atoms with E-state index in [1.54, 1.807) is 12.1 Å². The summed E-state index contributed by atoms with van der Waals surface area (Å²) in [6.45, 7) is 2.08. The lowest BCUT2D eigenvalue weighted by molar-refractivity contribution is -0.119. The van der Waals surface area contributed by atoms with E-state index in [9.17, 15) is 13.2 Å². The van der Waals surface area contributed by atoms with Gasteiger partial charge in [0.25, 0.3) is 0 Å². The van der Waals surface area contributed by atoms with Crippen LogP contribution in [0, 0.1) is 0 Å². The molecule has 0 aromatic heterocycles. The van der Waals surface area contributed by atoms with Gasteiger partial charge in [-0.25, -0.2) is 8.42 Å². The molecule has 118 valence electrons. The van der Waals surface area contributed by atoms with Crippen molar-refractivity contribution < 1.29 is 17.9 Å². The third-order valence-electron chi connectivity index (χ3n) is 2.67. The fourth-order valence-corrected chi connectivity index (χ4v) is 2.71. The number of benzene rings is 1. The highest BCUT2D eigenvalue weighted by atomic mass is 35.5. The quantitative estimate of drug-likeness (QED) is 0.822. The molecule has 0 aliphatic heterocycles. The zero-order valence-electron chi connectivity index (χ0n) is 12.2. The number of halogens is 1. The number of hydrogen-bond acceptors (Lipinski definition) is 4. The summed E-state index contributed by atoms with van der Waals surface area (Å²) >= 11 is 5.91. The van der Waals surface area contributed by atoms with Crippen molar-refractivity contribution in [3.05, 3.63) is 23.2 Å². The van der Waals surface area contributed by atoms with Gasteiger partial charge in [0.1, 0.15) is 12.3 Å². The Hall–Kier alpha value is -1.47. The molecule has 1 rings (SSSR count). The molecule has 0 saturated heterocycles. The molecule has 0 fully saturated rings. The molecule has 8 heteroatoms. The van der Waals surface area contributed by atoms with Crippen molar-refractivity contribution in [2.24, 2.45) is 0 Å². The summed E-state index contributed by atoms with van der Waals surface area (Å²) in [6, 6.07) is 4.59. The summed E-state index contributed by atoms with van der Waals surface area (Å²) in [5, 5.41) is 2.99. The van der Waals surface area contributed by atoms with Crippen molar-refractivity contribution in [1.82, 2.24) is 5.32 Å². The molecule has 0 unspecified atom stereocenters. The molecule has 0 spiro atoms. The van der Waals surface area contributed by atoms with E-state index in [1.807, 2.05) is 6.92 Å². The van der Waals surface area contributed by atoms with Gasteiger partial charge in [0.2, 0.25) is 15.9 Å². The maximum Gasteiger partial charge on any atom is 0.240 e. The highest BCUT2D eigenvalue weighted by Crippen LogP contribution is 2.32. The highest BCUT2D eigenvalue weighted by molar-refractivity contribution is 7.92. The molecule has 21 heavy (non-hydrogen) atoms. The predicted molar refractivity (Wildman–Crippen MR) is 83.5 cm³/mol. The number of carbonyl (C=O) groups is 1. The van der Waals surface area contributed by atoms with Crippen LogP contribution in [-0.2, 0) is 14.8 Å². The molecular weight excluding hydrogens is 316 g/mol. The minimum Gasteiger partial charge on any atom is -0.495 e. The first-order valence-electron chi connectivity index (χ1n) is 6.37. The minimum absolute atomic E-state index is 0.235. The fourth-order valence-electron chi connectivity index (χ4n) is 1.69. The van der Waals surface area contributed by atoms with Gasteiger partial charge in [-0.3, -0.25) is 9.10 Å². The van der Waals surface area contributed by atoms with Gasteiger partial charge in [-0.2, -0.15) is 0 Å². The van der Waals surface area contributed by atoms with Crippen LogP contribution in [-0.4, -0.2) is 40.8 Å². The van der Waals surface area contributed by atoms with Crippen molar-refractivity contribution in [3.8, 4) is 5.75 Å². The van der Waals surface area contributed by atoms with Crippen LogP contribution >= 0.6 is 11.6 Å². The summed E-state index contributed by atoms with van der Waals surface area (Å²) in [5.74, 6) is -0.0579. The van der Waals surface area contributed by atoms with Crippen molar-refractivity contribution in [3.63, 3.8) is 0 Å². The SMILES string of the molecule is CCCNC(=O)CN(c1cc(Cl)ccc1OC)S(C)(=O)=O. The second-order valence-electron chi connectivity index (χ2n) is 4.44. The first-order chi connectivity index (χ1) is 9.79. The van der Waals surface area contributed by atoms with E-state index in [0.717, 1.165) is 17.0 Å². The zero-order chi connectivity index (χ0) is 16.0. The lowest BCUT2D eigenvalue weighted by Gasteiger charge is -2.23. The monoisotopic (exact) mass is 334 g/mol. The smallest absolute Gasteiger partial charge is 0.240 e. The lowest BCUT2D eigenvalue weighted by atomic mass is 10.3. The van der Waals surface area contributed by atoms with E-state index in [2.05, 4.69) is 5.32 Å². The molecule has 0 bridgehead atoms. The van der Waals surface area contributed by atoms with Crippen molar-refractivity contribution in [2.45, 2.75) is 13.3 Å². The van der Waals surface area contributed by atoms with Gasteiger partial charge in [0, 0.05) is 11.6 Å². The molecule has 0 aliphatic rings. The number of methoxy groups -OCH3 is 1. The Bertz CT molecular complexity index is 604. The largest absolute Gasteiger partial charge is 0.495 e. The summed E-state index contributed by atoms with van der Waals surface area (Å²) < 4.78 is 30.1. The molecule has 0 saturated carbocycles. The summed E-state index contributed by atoms with van der Waals surface area (Å²) in [6.07, 6.45) is 1.80. The topological polar surface area (TPSA) is 75.7 Å². The number of rotatable bonds is 7. The van der Waals surface area contributed by atoms with Gasteiger partial charge in [-0.15, -0.1) is 0 Å². The van der Waals surface area contributed by atoms with Crippen LogP contribution in [0.4, 0.5) is 5.69 Å². The maximum atomic E-state index is 12.0. The van der Waals surface area contributed by atoms with E-state index in [0.29, 0.717) is 17.3 Å². The Kier molecular flexibility index (Phi) is 6.29. The Morgan fingerprint density at radius 1 is 1.43 bits per heavy atom. The van der Waals surface area contributed by atoms with Crippen LogP contribution in [0.1, 0.15) is 13.3 Å². The van der Waals surface area contributed by atoms with Crippen molar-refractivity contribution in [1.29, 1.82) is 0 Å². The molecule has 0 atom stereocenters. The van der Waals surface area contributed by atoms with Gasteiger partial charge >= 0.3 is 0 Å². The Balaban J connectivity index is 3.15. The second kappa shape index (κ2) is 7.51. The number of hydrogen-bond donors (Lipinski definition) is 1. The van der Waals surface area contributed by atoms with E-state index < -0.39 is 10.0 Å². The summed E-state index contributed by atoms with van der Waals surface area (Å²) in [7, 11) is -2.23. The number of amides is 1. The van der Waals surface area contributed by atoms with Gasteiger partial charge in [0.05, 0.1) is 19.1 Å². The summed E-state index contributed by atoms with van der Waals surface area (Å²) in [5.41, 5.74) is 0.235. The Labute approximate surface area is 130 Å². The van der Waals surface area contributed by atoms with Gasteiger partial charge < -0.3 is 10.1 Å². The molecule has 6 nitrogen and oxygen atoms in total. The van der Waals surface area contributed by atoms with Gasteiger partial charge in [-0.1, -0.05) is 18.5 Å². The predicted octanol–water partition coefficient (Wildman–Crippen LogP) is 1.64. The molecular formula is C13H19ClN2O4S. The number of ether oxygens (including phenoxy) is 1. The summed E-state index contributed by atoms with van der Waals surface area (Å²) in [4.78, 5) is 11.8. The zero-order valence-corrected chi connectivity index (χ0v) is 13.8. The Morgan fingerprint density at radius 3 is 2.62 bits per heavy atom. The average Bonchev–Trinajstić information content (AvgIpc) is 2.41. The van der Waals surface area contributed by atoms with E-state index in [1.165, 1.54) is 13.2 Å². The van der Waals surface area contributed by atoms with Gasteiger partial charge in [-0.05, 0) is 24.6 Å². The molecule has 0 heterocycles. The second-order valence-corrected chi connectivity index (χ2v) is 6.78. The molecule has 1 aromatic carbocycles. The highest BCUT2D eigenvalue weighted by Gasteiger charge is 2.24. The molecule has 0 radical (unpaired) electrons. The van der Waals surface area contributed by atoms with E-state index in [-0.39, 0.29) is 18.1 Å². The fraction of sp³-hybridized carbons (Fsp3) is 0.462. The molecule has 1 aromatic rings. The number of sulfonamides is 1.